The molecule has 0 bridgehead atoms. The van der Waals surface area contributed by atoms with Crippen molar-refractivity contribution in [1.29, 1.82) is 0 Å². The maximum absolute atomic E-state index is 15.1. The zero-order valence-electron chi connectivity index (χ0n) is 17.0. The summed E-state index contributed by atoms with van der Waals surface area (Å²) < 4.78 is 53.4. The monoisotopic (exact) mass is 437 g/mol. The molecule has 1 aliphatic heterocycles. The second-order valence-electron chi connectivity index (χ2n) is 7.95. The molecule has 162 valence electrons. The Morgan fingerprint density at radius 1 is 0.844 bits per heavy atom. The van der Waals surface area contributed by atoms with E-state index in [0.29, 0.717) is 23.4 Å². The molecule has 0 aliphatic carbocycles. The largest absolute Gasteiger partial charge is 0.435 e. The number of rotatable bonds is 2. The van der Waals surface area contributed by atoms with Crippen molar-refractivity contribution in [1.82, 2.24) is 15.5 Å². The predicted octanol–water partition coefficient (Wildman–Crippen LogP) is 6.08. The van der Waals surface area contributed by atoms with E-state index in [1.807, 2.05) is 48.5 Å². The highest BCUT2D eigenvalue weighted by Crippen LogP contribution is 2.37. The van der Waals surface area contributed by atoms with E-state index in [4.69, 9.17) is 0 Å². The normalized spacial score (nSPS) is 16.6. The maximum Gasteiger partial charge on any atom is 0.435 e. The smallest absolute Gasteiger partial charge is 0.313 e. The zero-order chi connectivity index (χ0) is 22.3. The van der Waals surface area contributed by atoms with E-state index < -0.39 is 11.9 Å². The Kier molecular flexibility index (Phi) is 5.13. The molecule has 0 radical (unpaired) electrons. The van der Waals surface area contributed by atoms with Crippen LogP contribution in [0.1, 0.15) is 34.7 Å². The maximum atomic E-state index is 15.1. The summed E-state index contributed by atoms with van der Waals surface area (Å²) in [4.78, 5) is 0. The van der Waals surface area contributed by atoms with Crippen LogP contribution in [0.25, 0.3) is 22.0 Å². The van der Waals surface area contributed by atoms with Gasteiger partial charge in [-0.15, -0.1) is 10.2 Å². The van der Waals surface area contributed by atoms with E-state index in [2.05, 4.69) is 15.5 Å². The molecule has 7 heteroatoms. The van der Waals surface area contributed by atoms with Crippen molar-refractivity contribution < 1.29 is 17.6 Å². The fourth-order valence-corrected chi connectivity index (χ4v) is 4.34. The lowest BCUT2D eigenvalue weighted by Crippen LogP contribution is -2.13. The number of halogens is 4. The van der Waals surface area contributed by atoms with Crippen LogP contribution < -0.4 is 5.32 Å². The molecule has 1 aliphatic rings. The van der Waals surface area contributed by atoms with Gasteiger partial charge in [0.15, 0.2) is 5.69 Å². The first kappa shape index (κ1) is 20.6. The first-order valence-corrected chi connectivity index (χ1v) is 10.3. The molecule has 0 amide bonds. The number of fused-ring (bicyclic) bond motifs is 2. The number of alkyl halides is 3. The lowest BCUT2D eigenvalue weighted by molar-refractivity contribution is -0.141. The van der Waals surface area contributed by atoms with Crippen LogP contribution in [0, 0.1) is 5.82 Å². The highest BCUT2D eigenvalue weighted by atomic mass is 19.4. The molecule has 2 heterocycles. The minimum atomic E-state index is -4.53. The van der Waals surface area contributed by atoms with Crippen molar-refractivity contribution in [2.75, 3.05) is 6.54 Å². The Morgan fingerprint density at radius 3 is 2.34 bits per heavy atom. The first-order valence-electron chi connectivity index (χ1n) is 10.3. The highest BCUT2D eigenvalue weighted by molar-refractivity contribution is 5.83. The molecule has 1 atom stereocenters. The third-order valence-corrected chi connectivity index (χ3v) is 5.93. The molecule has 0 saturated carbocycles. The van der Waals surface area contributed by atoms with E-state index in [1.54, 1.807) is 6.07 Å². The van der Waals surface area contributed by atoms with Crippen LogP contribution in [0.15, 0.2) is 66.7 Å². The minimum absolute atomic E-state index is 0.127. The van der Waals surface area contributed by atoms with Gasteiger partial charge in [0, 0.05) is 18.0 Å². The van der Waals surface area contributed by atoms with Gasteiger partial charge < -0.3 is 5.32 Å². The zero-order valence-corrected chi connectivity index (χ0v) is 17.0. The molecule has 0 spiro atoms. The van der Waals surface area contributed by atoms with E-state index in [-0.39, 0.29) is 11.7 Å². The van der Waals surface area contributed by atoms with Gasteiger partial charge >= 0.3 is 6.18 Å². The summed E-state index contributed by atoms with van der Waals surface area (Å²) in [6.07, 6.45) is -3.79. The van der Waals surface area contributed by atoms with Gasteiger partial charge in [0.2, 0.25) is 0 Å². The Morgan fingerprint density at radius 2 is 1.62 bits per heavy atom. The predicted molar refractivity (Wildman–Crippen MR) is 115 cm³/mol. The third kappa shape index (κ3) is 3.84. The van der Waals surface area contributed by atoms with Gasteiger partial charge in [-0.3, -0.25) is 0 Å². The Hall–Kier alpha value is -3.32. The summed E-state index contributed by atoms with van der Waals surface area (Å²) in [6.45, 7) is 1.31. The number of nitrogens with one attached hydrogen (secondary N) is 1. The molecule has 1 unspecified atom stereocenters. The van der Waals surface area contributed by atoms with Gasteiger partial charge in [0.05, 0.1) is 5.69 Å². The molecular weight excluding hydrogens is 418 g/mol. The van der Waals surface area contributed by atoms with Crippen LogP contribution in [0.4, 0.5) is 17.6 Å². The van der Waals surface area contributed by atoms with Crippen molar-refractivity contribution >= 4 is 10.8 Å². The molecule has 4 aromatic rings. The second-order valence-corrected chi connectivity index (χ2v) is 7.95. The molecule has 0 saturated heterocycles. The highest BCUT2D eigenvalue weighted by Gasteiger charge is 2.33. The van der Waals surface area contributed by atoms with Gasteiger partial charge in [-0.05, 0) is 70.8 Å². The average molecular weight is 437 g/mol. The molecule has 3 nitrogen and oxygen atoms in total. The number of hydrogen-bond acceptors (Lipinski definition) is 3. The van der Waals surface area contributed by atoms with Crippen LogP contribution >= 0.6 is 0 Å². The van der Waals surface area contributed by atoms with E-state index >= 15 is 4.39 Å². The number of aromatic nitrogens is 2. The summed E-state index contributed by atoms with van der Waals surface area (Å²) in [5, 5.41) is 12.3. The lowest BCUT2D eigenvalue weighted by Gasteiger charge is -2.20. The van der Waals surface area contributed by atoms with Crippen LogP contribution in [-0.2, 0) is 12.7 Å². The van der Waals surface area contributed by atoms with Gasteiger partial charge in [-0.1, -0.05) is 36.4 Å². The number of hydrogen-bond donors (Lipinski definition) is 1. The van der Waals surface area contributed by atoms with Crippen LogP contribution in [0.3, 0.4) is 0 Å². The van der Waals surface area contributed by atoms with Crippen molar-refractivity contribution in [2.45, 2.75) is 25.1 Å². The molecule has 1 N–H and O–H groups in total. The minimum Gasteiger partial charge on any atom is -0.313 e. The third-order valence-electron chi connectivity index (χ3n) is 5.93. The fraction of sp³-hybridized carbons (Fsp3) is 0.200. The summed E-state index contributed by atoms with van der Waals surface area (Å²) in [5.41, 5.74) is 2.64. The van der Waals surface area contributed by atoms with Gasteiger partial charge in [0.25, 0.3) is 0 Å². The quantitative estimate of drug-likeness (QED) is 0.386. The van der Waals surface area contributed by atoms with Crippen molar-refractivity contribution in [3.05, 3.63) is 94.9 Å². The average Bonchev–Trinajstić information content (AvgIpc) is 3.00. The Bertz CT molecular complexity index is 1280. The number of benzene rings is 3. The van der Waals surface area contributed by atoms with E-state index in [0.717, 1.165) is 40.9 Å². The van der Waals surface area contributed by atoms with Crippen LogP contribution in [0.5, 0.6) is 0 Å². The van der Waals surface area contributed by atoms with Crippen molar-refractivity contribution in [2.24, 2.45) is 0 Å². The Labute approximate surface area is 182 Å². The molecule has 1 aromatic heterocycles. The lowest BCUT2D eigenvalue weighted by atomic mass is 9.84. The molecule has 3 aromatic carbocycles. The standard InChI is InChI=1S/C25H19F4N3/c26-22-13-16-4-2-1-3-15(16)12-21(22)20-9-10-30-14-18-11-17(5-6-19(18)20)23-7-8-24(32-31-23)25(27,28)29/h1-8,11-13,20,30H,9-10,14H2. The first-order chi connectivity index (χ1) is 15.4. The molecule has 0 fully saturated rings. The van der Waals surface area contributed by atoms with E-state index in [9.17, 15) is 13.2 Å². The van der Waals surface area contributed by atoms with Gasteiger partial charge in [-0.25, -0.2) is 4.39 Å². The molecule has 32 heavy (non-hydrogen) atoms. The summed E-state index contributed by atoms with van der Waals surface area (Å²) in [5.74, 6) is -0.364. The van der Waals surface area contributed by atoms with Crippen molar-refractivity contribution in [3.63, 3.8) is 0 Å². The molecular formula is C25H19F4N3. The topological polar surface area (TPSA) is 37.8 Å². The van der Waals surface area contributed by atoms with Gasteiger partial charge in [-0.2, -0.15) is 13.2 Å². The van der Waals surface area contributed by atoms with Crippen LogP contribution in [-0.4, -0.2) is 16.7 Å². The Balaban J connectivity index is 1.54. The summed E-state index contributed by atoms with van der Waals surface area (Å²) in [6, 6.07) is 19.1. The van der Waals surface area contributed by atoms with Crippen molar-refractivity contribution in [3.8, 4) is 11.3 Å². The summed E-state index contributed by atoms with van der Waals surface area (Å²) >= 11 is 0. The van der Waals surface area contributed by atoms with Crippen LogP contribution in [0.2, 0.25) is 0 Å². The van der Waals surface area contributed by atoms with Gasteiger partial charge in [0.1, 0.15) is 5.82 Å². The fourth-order valence-electron chi connectivity index (χ4n) is 4.34. The number of nitrogens with zero attached hydrogens (tertiary/aromatic N) is 2. The second kappa shape index (κ2) is 7.98. The SMILES string of the molecule is Fc1cc2ccccc2cc1C1CCNCc2cc(-c3ccc(C(F)(F)F)nn3)ccc21. The summed E-state index contributed by atoms with van der Waals surface area (Å²) in [7, 11) is 0. The van der Waals surface area contributed by atoms with E-state index in [1.165, 1.54) is 6.07 Å². The molecule has 5 rings (SSSR count).